The molecule has 16 heavy (non-hydrogen) atoms. The zero-order chi connectivity index (χ0) is 11.5. The Labute approximate surface area is 111 Å². The maximum atomic E-state index is 5.93. The topological polar surface area (TPSA) is 21.3 Å². The van der Waals surface area contributed by atoms with E-state index in [2.05, 4.69) is 60.0 Å². The van der Waals surface area contributed by atoms with Crippen molar-refractivity contribution >= 4 is 22.6 Å². The third kappa shape index (κ3) is 2.51. The van der Waals surface area contributed by atoms with Gasteiger partial charge in [0.05, 0.1) is 9.67 Å². The zero-order valence-electron chi connectivity index (χ0n) is 9.79. The van der Waals surface area contributed by atoms with Crippen LogP contribution in [-0.4, -0.2) is 12.6 Å². The van der Waals surface area contributed by atoms with E-state index in [0.717, 1.165) is 18.7 Å². The summed E-state index contributed by atoms with van der Waals surface area (Å²) in [6.07, 6.45) is 2.54. The standard InChI is InChI=1S/C13H18INO/c1-3-7-15-12-8-9(2)16-13-10(12)5-4-6-11(13)14/h4-6,9,12,15H,3,7-8H2,1-2H3. The molecule has 3 heteroatoms. The summed E-state index contributed by atoms with van der Waals surface area (Å²) < 4.78 is 7.14. The first-order valence-electron chi connectivity index (χ1n) is 5.90. The van der Waals surface area contributed by atoms with Crippen LogP contribution in [0.5, 0.6) is 5.75 Å². The summed E-state index contributed by atoms with van der Waals surface area (Å²) in [5, 5.41) is 3.60. The summed E-state index contributed by atoms with van der Waals surface area (Å²) >= 11 is 2.35. The van der Waals surface area contributed by atoms with Crippen LogP contribution in [0.25, 0.3) is 0 Å². The highest BCUT2D eigenvalue weighted by atomic mass is 127. The van der Waals surface area contributed by atoms with Crippen LogP contribution in [-0.2, 0) is 0 Å². The number of para-hydroxylation sites is 1. The predicted octanol–water partition coefficient (Wildman–Crippen LogP) is 3.50. The molecule has 0 radical (unpaired) electrons. The zero-order valence-corrected chi connectivity index (χ0v) is 12.0. The second kappa shape index (κ2) is 5.36. The first kappa shape index (κ1) is 12.2. The molecular formula is C13H18INO. The molecule has 2 atom stereocenters. The van der Waals surface area contributed by atoms with E-state index in [1.165, 1.54) is 15.6 Å². The summed E-state index contributed by atoms with van der Waals surface area (Å²) in [4.78, 5) is 0. The lowest BCUT2D eigenvalue weighted by atomic mass is 9.97. The van der Waals surface area contributed by atoms with Gasteiger partial charge in [-0.05, 0) is 48.5 Å². The number of fused-ring (bicyclic) bond motifs is 1. The molecule has 0 bridgehead atoms. The summed E-state index contributed by atoms with van der Waals surface area (Å²) in [7, 11) is 0. The second-order valence-electron chi connectivity index (χ2n) is 4.33. The molecule has 0 saturated heterocycles. The van der Waals surface area contributed by atoms with Crippen LogP contribution in [0.1, 0.15) is 38.3 Å². The van der Waals surface area contributed by atoms with Crippen LogP contribution in [0.2, 0.25) is 0 Å². The predicted molar refractivity (Wildman–Crippen MR) is 74.9 cm³/mol. The van der Waals surface area contributed by atoms with Crippen molar-refractivity contribution < 1.29 is 4.74 Å². The van der Waals surface area contributed by atoms with Gasteiger partial charge in [-0.3, -0.25) is 0 Å². The normalized spacial score (nSPS) is 23.7. The van der Waals surface area contributed by atoms with E-state index < -0.39 is 0 Å². The molecule has 2 rings (SSSR count). The van der Waals surface area contributed by atoms with E-state index >= 15 is 0 Å². The van der Waals surface area contributed by atoms with Crippen molar-refractivity contribution in [1.29, 1.82) is 0 Å². The number of halogens is 1. The van der Waals surface area contributed by atoms with Crippen LogP contribution in [0.15, 0.2) is 18.2 Å². The van der Waals surface area contributed by atoms with Gasteiger partial charge in [0.1, 0.15) is 5.75 Å². The molecular weight excluding hydrogens is 313 g/mol. The SMILES string of the molecule is CCCNC1CC(C)Oc2c(I)cccc21. The minimum absolute atomic E-state index is 0.303. The molecule has 0 spiro atoms. The van der Waals surface area contributed by atoms with Gasteiger partial charge < -0.3 is 10.1 Å². The molecule has 88 valence electrons. The Morgan fingerprint density at radius 1 is 1.50 bits per heavy atom. The smallest absolute Gasteiger partial charge is 0.137 e. The van der Waals surface area contributed by atoms with Crippen molar-refractivity contribution in [3.8, 4) is 5.75 Å². The summed E-state index contributed by atoms with van der Waals surface area (Å²) in [5.41, 5.74) is 1.32. The van der Waals surface area contributed by atoms with Crippen LogP contribution >= 0.6 is 22.6 Å². The number of rotatable bonds is 3. The van der Waals surface area contributed by atoms with E-state index in [1.54, 1.807) is 0 Å². The lowest BCUT2D eigenvalue weighted by Crippen LogP contribution is -2.32. The highest BCUT2D eigenvalue weighted by molar-refractivity contribution is 14.1. The Kier molecular flexibility index (Phi) is 4.08. The van der Waals surface area contributed by atoms with Gasteiger partial charge in [-0.2, -0.15) is 0 Å². The number of hydrogen-bond acceptors (Lipinski definition) is 2. The van der Waals surface area contributed by atoms with Gasteiger partial charge in [-0.1, -0.05) is 19.1 Å². The number of hydrogen-bond donors (Lipinski definition) is 1. The Morgan fingerprint density at radius 3 is 3.06 bits per heavy atom. The van der Waals surface area contributed by atoms with Crippen LogP contribution < -0.4 is 10.1 Å². The lowest BCUT2D eigenvalue weighted by molar-refractivity contribution is 0.165. The molecule has 2 unspecified atom stereocenters. The molecule has 1 aliphatic rings. The van der Waals surface area contributed by atoms with E-state index in [1.807, 2.05) is 0 Å². The minimum Gasteiger partial charge on any atom is -0.489 e. The van der Waals surface area contributed by atoms with Crippen molar-refractivity contribution in [2.75, 3.05) is 6.54 Å². The van der Waals surface area contributed by atoms with Gasteiger partial charge in [0, 0.05) is 18.0 Å². The second-order valence-corrected chi connectivity index (χ2v) is 5.49. The number of benzene rings is 1. The maximum Gasteiger partial charge on any atom is 0.137 e. The highest BCUT2D eigenvalue weighted by Gasteiger charge is 2.26. The van der Waals surface area contributed by atoms with Crippen LogP contribution in [0, 0.1) is 3.57 Å². The van der Waals surface area contributed by atoms with Gasteiger partial charge >= 0.3 is 0 Å². The first-order valence-corrected chi connectivity index (χ1v) is 6.98. The van der Waals surface area contributed by atoms with E-state index in [4.69, 9.17) is 4.74 Å². The fourth-order valence-corrected chi connectivity index (χ4v) is 2.79. The summed E-state index contributed by atoms with van der Waals surface area (Å²) in [6.45, 7) is 5.42. The van der Waals surface area contributed by atoms with E-state index in [0.29, 0.717) is 12.1 Å². The minimum atomic E-state index is 0.303. The van der Waals surface area contributed by atoms with Gasteiger partial charge in [0.15, 0.2) is 0 Å². The summed E-state index contributed by atoms with van der Waals surface area (Å²) in [6, 6.07) is 6.85. The molecule has 0 aliphatic carbocycles. The van der Waals surface area contributed by atoms with E-state index in [-0.39, 0.29) is 0 Å². The Balaban J connectivity index is 2.27. The van der Waals surface area contributed by atoms with Gasteiger partial charge in [0.25, 0.3) is 0 Å². The van der Waals surface area contributed by atoms with Gasteiger partial charge in [-0.15, -0.1) is 0 Å². The Morgan fingerprint density at radius 2 is 2.31 bits per heavy atom. The number of nitrogens with one attached hydrogen (secondary N) is 1. The maximum absolute atomic E-state index is 5.93. The quantitative estimate of drug-likeness (QED) is 0.856. The average Bonchev–Trinajstić information content (AvgIpc) is 2.27. The average molecular weight is 331 g/mol. The van der Waals surface area contributed by atoms with Crippen molar-refractivity contribution in [3.63, 3.8) is 0 Å². The van der Waals surface area contributed by atoms with E-state index in [9.17, 15) is 0 Å². The van der Waals surface area contributed by atoms with Crippen molar-refractivity contribution in [1.82, 2.24) is 5.32 Å². The molecule has 0 fully saturated rings. The molecule has 1 N–H and O–H groups in total. The van der Waals surface area contributed by atoms with Crippen LogP contribution in [0.3, 0.4) is 0 Å². The largest absolute Gasteiger partial charge is 0.489 e. The first-order chi connectivity index (χ1) is 7.72. The monoisotopic (exact) mass is 331 g/mol. The molecule has 0 saturated carbocycles. The molecule has 1 aromatic rings. The molecule has 1 aliphatic heterocycles. The number of ether oxygens (including phenoxy) is 1. The lowest BCUT2D eigenvalue weighted by Gasteiger charge is -2.31. The molecule has 1 aromatic carbocycles. The Bertz CT molecular complexity index is 367. The molecule has 2 nitrogen and oxygen atoms in total. The highest BCUT2D eigenvalue weighted by Crippen LogP contribution is 2.37. The molecule has 0 amide bonds. The molecule has 0 aromatic heterocycles. The van der Waals surface area contributed by atoms with Crippen molar-refractivity contribution in [2.24, 2.45) is 0 Å². The fraction of sp³-hybridized carbons (Fsp3) is 0.538. The van der Waals surface area contributed by atoms with Crippen LogP contribution in [0.4, 0.5) is 0 Å². The van der Waals surface area contributed by atoms with Gasteiger partial charge in [0.2, 0.25) is 0 Å². The van der Waals surface area contributed by atoms with Gasteiger partial charge in [-0.25, -0.2) is 0 Å². The van der Waals surface area contributed by atoms with Crippen molar-refractivity contribution in [2.45, 2.75) is 38.8 Å². The third-order valence-electron chi connectivity index (χ3n) is 2.90. The fourth-order valence-electron chi connectivity index (χ4n) is 2.14. The Hall–Kier alpha value is -0.290. The summed E-state index contributed by atoms with van der Waals surface area (Å²) in [5.74, 6) is 1.08. The molecule has 1 heterocycles. The third-order valence-corrected chi connectivity index (χ3v) is 3.75. The van der Waals surface area contributed by atoms with Crippen molar-refractivity contribution in [3.05, 3.63) is 27.3 Å².